The van der Waals surface area contributed by atoms with Crippen LogP contribution in [-0.2, 0) is 11.3 Å². The van der Waals surface area contributed by atoms with Crippen LogP contribution in [0, 0.1) is 0 Å². The maximum absolute atomic E-state index is 12.1. The lowest BCUT2D eigenvalue weighted by Crippen LogP contribution is -2.37. The normalized spacial score (nSPS) is 14.4. The molecule has 0 unspecified atom stereocenters. The number of thiazole rings is 1. The van der Waals surface area contributed by atoms with Crippen molar-refractivity contribution in [1.29, 1.82) is 0 Å². The Morgan fingerprint density at radius 3 is 2.78 bits per heavy atom. The van der Waals surface area contributed by atoms with Crippen molar-refractivity contribution in [3.8, 4) is 0 Å². The highest BCUT2D eigenvalue weighted by Gasteiger charge is 2.19. The Balaban J connectivity index is 1.51. The molecule has 2 aromatic rings. The average Bonchev–Trinajstić information content (AvgIpc) is 3.20. The molecule has 3 rings (SSSR count). The summed E-state index contributed by atoms with van der Waals surface area (Å²) in [6.07, 6.45) is 2.27. The van der Waals surface area contributed by atoms with Gasteiger partial charge in [-0.2, -0.15) is 0 Å². The quantitative estimate of drug-likeness (QED) is 0.885. The fourth-order valence-electron chi connectivity index (χ4n) is 2.71. The summed E-state index contributed by atoms with van der Waals surface area (Å²) in [5.74, 6) is 0.225. The number of para-hydroxylation sites is 1. The number of nitrogens with one attached hydrogen (secondary N) is 1. The topological polar surface area (TPSA) is 48.5 Å². The molecular formula is C17H22N4OS. The van der Waals surface area contributed by atoms with E-state index in [0.717, 1.165) is 42.4 Å². The largest absolute Gasteiger partial charge is 0.342 e. The minimum atomic E-state index is 0.225. The summed E-state index contributed by atoms with van der Waals surface area (Å²) in [4.78, 5) is 20.7. The molecule has 1 aromatic carbocycles. The van der Waals surface area contributed by atoms with Crippen LogP contribution in [0.1, 0.15) is 18.5 Å². The van der Waals surface area contributed by atoms with Crippen LogP contribution in [0.2, 0.25) is 0 Å². The number of benzene rings is 1. The van der Waals surface area contributed by atoms with Gasteiger partial charge in [-0.1, -0.05) is 18.2 Å². The summed E-state index contributed by atoms with van der Waals surface area (Å²) in [6, 6.07) is 10.0. The number of aromatic nitrogens is 1. The highest BCUT2D eigenvalue weighted by atomic mass is 32.1. The Labute approximate surface area is 140 Å². The van der Waals surface area contributed by atoms with Crippen molar-refractivity contribution in [2.24, 2.45) is 0 Å². The lowest BCUT2D eigenvalue weighted by Gasteiger charge is -2.20. The van der Waals surface area contributed by atoms with Crippen LogP contribution >= 0.6 is 11.3 Å². The third-order valence-electron chi connectivity index (χ3n) is 3.87. The third-order valence-corrected chi connectivity index (χ3v) is 4.68. The van der Waals surface area contributed by atoms with Gasteiger partial charge in [0, 0.05) is 30.7 Å². The van der Waals surface area contributed by atoms with Crippen LogP contribution in [0.5, 0.6) is 0 Å². The highest BCUT2D eigenvalue weighted by Crippen LogP contribution is 2.21. The Kier molecular flexibility index (Phi) is 5.25. The molecule has 122 valence electrons. The summed E-state index contributed by atoms with van der Waals surface area (Å²) >= 11 is 1.59. The first-order chi connectivity index (χ1) is 11.2. The maximum atomic E-state index is 12.1. The smallest absolute Gasteiger partial charge is 0.236 e. The molecule has 1 fully saturated rings. The molecule has 1 saturated heterocycles. The molecule has 0 radical (unpaired) electrons. The monoisotopic (exact) mass is 330 g/mol. The van der Waals surface area contributed by atoms with Gasteiger partial charge >= 0.3 is 0 Å². The Morgan fingerprint density at radius 2 is 2.04 bits per heavy atom. The summed E-state index contributed by atoms with van der Waals surface area (Å²) < 4.78 is 0. The fourth-order valence-corrected chi connectivity index (χ4v) is 3.43. The number of carbonyl (C=O) groups excluding carboxylic acids is 1. The second-order valence-electron chi connectivity index (χ2n) is 5.90. The summed E-state index contributed by atoms with van der Waals surface area (Å²) in [7, 11) is 1.97. The zero-order valence-electron chi connectivity index (χ0n) is 13.4. The molecule has 5 nitrogen and oxygen atoms in total. The second kappa shape index (κ2) is 7.57. The van der Waals surface area contributed by atoms with E-state index in [1.807, 2.05) is 52.6 Å². The summed E-state index contributed by atoms with van der Waals surface area (Å²) in [5, 5.41) is 6.22. The maximum Gasteiger partial charge on any atom is 0.236 e. The number of likely N-dealkylation sites (tertiary alicyclic amines) is 1. The van der Waals surface area contributed by atoms with Gasteiger partial charge in [-0.15, -0.1) is 11.3 Å². The molecule has 6 heteroatoms. The van der Waals surface area contributed by atoms with E-state index in [1.54, 1.807) is 11.3 Å². The Morgan fingerprint density at radius 1 is 1.30 bits per heavy atom. The summed E-state index contributed by atoms with van der Waals surface area (Å²) in [5.41, 5.74) is 2.02. The van der Waals surface area contributed by atoms with Crippen molar-refractivity contribution >= 4 is 28.1 Å². The molecule has 0 atom stereocenters. The Bertz CT molecular complexity index is 637. The van der Waals surface area contributed by atoms with Crippen molar-refractivity contribution in [2.45, 2.75) is 19.4 Å². The number of anilines is 2. The molecule has 1 aliphatic rings. The van der Waals surface area contributed by atoms with Crippen molar-refractivity contribution in [2.75, 3.05) is 32.0 Å². The van der Waals surface area contributed by atoms with Gasteiger partial charge < -0.3 is 10.2 Å². The van der Waals surface area contributed by atoms with E-state index in [1.165, 1.54) is 0 Å². The predicted molar refractivity (Wildman–Crippen MR) is 94.0 cm³/mol. The van der Waals surface area contributed by atoms with E-state index >= 15 is 0 Å². The SMILES string of the molecule is CN(CC(=O)N1CCCC1)Cc1csc(Nc2ccccc2)n1. The number of likely N-dealkylation sites (N-methyl/N-ethyl adjacent to an activating group) is 1. The van der Waals surface area contributed by atoms with E-state index in [-0.39, 0.29) is 5.91 Å². The van der Waals surface area contributed by atoms with Gasteiger partial charge in [-0.05, 0) is 32.0 Å². The lowest BCUT2D eigenvalue weighted by atomic mass is 10.3. The van der Waals surface area contributed by atoms with Gasteiger partial charge in [0.25, 0.3) is 0 Å². The second-order valence-corrected chi connectivity index (χ2v) is 6.75. The van der Waals surface area contributed by atoms with Crippen molar-refractivity contribution < 1.29 is 4.79 Å². The zero-order chi connectivity index (χ0) is 16.1. The number of hydrogen-bond acceptors (Lipinski definition) is 5. The third kappa shape index (κ3) is 4.53. The van der Waals surface area contributed by atoms with Crippen LogP contribution in [0.25, 0.3) is 0 Å². The summed E-state index contributed by atoms with van der Waals surface area (Å²) in [6.45, 7) is 2.97. The number of nitrogens with zero attached hydrogens (tertiary/aromatic N) is 3. The van der Waals surface area contributed by atoms with E-state index in [2.05, 4.69) is 10.3 Å². The van der Waals surface area contributed by atoms with Crippen molar-refractivity contribution in [3.05, 3.63) is 41.4 Å². The van der Waals surface area contributed by atoms with Crippen LogP contribution in [0.15, 0.2) is 35.7 Å². The first-order valence-corrected chi connectivity index (χ1v) is 8.81. The molecule has 0 bridgehead atoms. The van der Waals surface area contributed by atoms with Gasteiger partial charge in [-0.25, -0.2) is 4.98 Å². The molecule has 23 heavy (non-hydrogen) atoms. The van der Waals surface area contributed by atoms with E-state index in [9.17, 15) is 4.79 Å². The molecular weight excluding hydrogens is 308 g/mol. The van der Waals surface area contributed by atoms with Crippen molar-refractivity contribution in [3.63, 3.8) is 0 Å². The molecule has 0 aliphatic carbocycles. The van der Waals surface area contributed by atoms with E-state index in [4.69, 9.17) is 0 Å². The zero-order valence-corrected chi connectivity index (χ0v) is 14.2. The predicted octanol–water partition coefficient (Wildman–Crippen LogP) is 2.94. The molecule has 0 saturated carbocycles. The van der Waals surface area contributed by atoms with Gasteiger partial charge in [0.1, 0.15) is 0 Å². The van der Waals surface area contributed by atoms with Gasteiger partial charge in [0.05, 0.1) is 12.2 Å². The minimum absolute atomic E-state index is 0.225. The lowest BCUT2D eigenvalue weighted by molar-refractivity contribution is -0.131. The molecule has 1 amide bonds. The molecule has 0 spiro atoms. The van der Waals surface area contributed by atoms with Gasteiger partial charge in [0.2, 0.25) is 5.91 Å². The molecule has 1 aliphatic heterocycles. The molecule has 2 heterocycles. The fraction of sp³-hybridized carbons (Fsp3) is 0.412. The van der Waals surface area contributed by atoms with Crippen LogP contribution in [0.3, 0.4) is 0 Å². The van der Waals surface area contributed by atoms with E-state index < -0.39 is 0 Å². The van der Waals surface area contributed by atoms with Gasteiger partial charge in [0.15, 0.2) is 5.13 Å². The Hall–Kier alpha value is -1.92. The first kappa shape index (κ1) is 16.0. The molecule has 1 N–H and O–H groups in total. The van der Waals surface area contributed by atoms with Crippen LogP contribution < -0.4 is 5.32 Å². The standard InChI is InChI=1S/C17H22N4OS/c1-20(12-16(22)21-9-5-6-10-21)11-15-13-23-17(19-15)18-14-7-3-2-4-8-14/h2-4,7-8,13H,5-6,9-12H2,1H3,(H,18,19). The first-order valence-electron chi connectivity index (χ1n) is 7.93. The molecule has 1 aromatic heterocycles. The van der Waals surface area contributed by atoms with Crippen LogP contribution in [-0.4, -0.2) is 47.4 Å². The highest BCUT2D eigenvalue weighted by molar-refractivity contribution is 7.13. The van der Waals surface area contributed by atoms with Gasteiger partial charge in [-0.3, -0.25) is 9.69 Å². The number of hydrogen-bond donors (Lipinski definition) is 1. The van der Waals surface area contributed by atoms with E-state index in [0.29, 0.717) is 13.1 Å². The average molecular weight is 330 g/mol. The number of carbonyl (C=O) groups is 1. The minimum Gasteiger partial charge on any atom is -0.342 e. The number of amides is 1. The number of rotatable bonds is 6. The van der Waals surface area contributed by atoms with Crippen molar-refractivity contribution in [1.82, 2.24) is 14.8 Å². The van der Waals surface area contributed by atoms with Crippen LogP contribution in [0.4, 0.5) is 10.8 Å².